The van der Waals surface area contributed by atoms with Crippen LogP contribution < -0.4 is 5.32 Å². The van der Waals surface area contributed by atoms with E-state index in [9.17, 15) is 9.59 Å². The van der Waals surface area contributed by atoms with Crippen LogP contribution in [0.2, 0.25) is 0 Å². The van der Waals surface area contributed by atoms with Crippen molar-refractivity contribution in [1.29, 1.82) is 0 Å². The summed E-state index contributed by atoms with van der Waals surface area (Å²) in [6, 6.07) is 8.80. The predicted octanol–water partition coefficient (Wildman–Crippen LogP) is 5.07. The molecule has 6 nitrogen and oxygen atoms in total. The molecule has 29 heavy (non-hydrogen) atoms. The van der Waals surface area contributed by atoms with E-state index in [0.717, 1.165) is 16.8 Å². The lowest BCUT2D eigenvalue weighted by atomic mass is 10.0. The predicted molar refractivity (Wildman–Crippen MR) is 116 cm³/mol. The minimum atomic E-state index is -0.265. The fourth-order valence-corrected chi connectivity index (χ4v) is 3.27. The molecule has 0 atom stereocenters. The maximum Gasteiger partial charge on any atom is 0.256 e. The van der Waals surface area contributed by atoms with Gasteiger partial charge in [-0.2, -0.15) is 5.10 Å². The maximum atomic E-state index is 13.2. The molecule has 0 aliphatic carbocycles. The summed E-state index contributed by atoms with van der Waals surface area (Å²) >= 11 is 0. The molecular weight excluding hydrogens is 364 g/mol. The fourth-order valence-electron chi connectivity index (χ4n) is 3.27. The average Bonchev–Trinajstić information content (AvgIpc) is 2.98. The van der Waals surface area contributed by atoms with Crippen LogP contribution in [0, 0.1) is 6.92 Å². The fraction of sp³-hybridized carbons (Fsp3) is 0.391. The van der Waals surface area contributed by atoms with E-state index >= 15 is 0 Å². The van der Waals surface area contributed by atoms with Crippen LogP contribution in [-0.2, 0) is 5.54 Å². The molecule has 3 aromatic rings. The highest BCUT2D eigenvalue weighted by Gasteiger charge is 2.25. The zero-order valence-corrected chi connectivity index (χ0v) is 18.1. The van der Waals surface area contributed by atoms with Crippen LogP contribution in [0.3, 0.4) is 0 Å². The Balaban J connectivity index is 2.15. The first kappa shape index (κ1) is 20.7. The molecule has 0 unspecified atom stereocenters. The number of carbonyl (C=O) groups excluding carboxylic acids is 2. The molecule has 6 heteroatoms. The number of pyridine rings is 1. The van der Waals surface area contributed by atoms with Gasteiger partial charge in [-0.1, -0.05) is 26.0 Å². The summed E-state index contributed by atoms with van der Waals surface area (Å²) in [6.07, 6.45) is 0. The number of nitrogens with one attached hydrogen (secondary N) is 1. The standard InChI is InChI=1S/C23H28N4O2/c1-13(2)19-12-18(20-14(3)26-27(21(20)25-19)23(5,6)7)22(29)24-17-10-8-9-16(11-17)15(4)28/h8-13H,1-7H3,(H,24,29). The normalized spacial score (nSPS) is 11.9. The number of benzene rings is 1. The lowest BCUT2D eigenvalue weighted by Crippen LogP contribution is -2.24. The van der Waals surface area contributed by atoms with Crippen molar-refractivity contribution in [2.75, 3.05) is 5.32 Å². The molecule has 0 saturated carbocycles. The Morgan fingerprint density at radius 1 is 1.14 bits per heavy atom. The van der Waals surface area contributed by atoms with Crippen LogP contribution in [0.5, 0.6) is 0 Å². The highest BCUT2D eigenvalue weighted by molar-refractivity contribution is 6.13. The Bertz CT molecular complexity index is 1100. The van der Waals surface area contributed by atoms with E-state index in [1.165, 1.54) is 6.92 Å². The van der Waals surface area contributed by atoms with Crippen LogP contribution in [0.25, 0.3) is 11.0 Å². The monoisotopic (exact) mass is 392 g/mol. The molecule has 0 bridgehead atoms. The second kappa shape index (κ2) is 7.43. The van der Waals surface area contributed by atoms with Crippen LogP contribution in [0.4, 0.5) is 5.69 Å². The maximum absolute atomic E-state index is 13.2. The molecule has 0 fully saturated rings. The van der Waals surface area contributed by atoms with Crippen LogP contribution in [-0.4, -0.2) is 26.5 Å². The molecule has 0 spiro atoms. The zero-order chi connectivity index (χ0) is 21.5. The topological polar surface area (TPSA) is 76.9 Å². The van der Waals surface area contributed by atoms with Gasteiger partial charge in [0.15, 0.2) is 11.4 Å². The van der Waals surface area contributed by atoms with Gasteiger partial charge in [-0.05, 0) is 58.7 Å². The second-order valence-electron chi connectivity index (χ2n) is 8.71. The van der Waals surface area contributed by atoms with E-state index in [4.69, 9.17) is 4.98 Å². The van der Waals surface area contributed by atoms with Gasteiger partial charge in [-0.25, -0.2) is 9.67 Å². The van der Waals surface area contributed by atoms with Crippen molar-refractivity contribution in [2.45, 2.75) is 59.9 Å². The number of hydrogen-bond acceptors (Lipinski definition) is 4. The van der Waals surface area contributed by atoms with Gasteiger partial charge in [0.1, 0.15) is 0 Å². The number of hydrogen-bond donors (Lipinski definition) is 1. The van der Waals surface area contributed by atoms with Crippen molar-refractivity contribution in [1.82, 2.24) is 14.8 Å². The number of rotatable bonds is 4. The van der Waals surface area contributed by atoms with Crippen LogP contribution in [0.15, 0.2) is 30.3 Å². The van der Waals surface area contributed by atoms with Gasteiger partial charge in [-0.3, -0.25) is 9.59 Å². The van der Waals surface area contributed by atoms with Crippen LogP contribution in [0.1, 0.15) is 79.6 Å². The molecule has 1 aromatic carbocycles. The van der Waals surface area contributed by atoms with Crippen molar-refractivity contribution in [3.63, 3.8) is 0 Å². The minimum Gasteiger partial charge on any atom is -0.322 e. The van der Waals surface area contributed by atoms with Gasteiger partial charge in [0.2, 0.25) is 0 Å². The van der Waals surface area contributed by atoms with Crippen molar-refractivity contribution < 1.29 is 9.59 Å². The minimum absolute atomic E-state index is 0.0446. The molecule has 152 valence electrons. The number of nitrogens with zero attached hydrogens (tertiary/aromatic N) is 3. The van der Waals surface area contributed by atoms with Crippen molar-refractivity contribution in [2.24, 2.45) is 0 Å². The first-order valence-corrected chi connectivity index (χ1v) is 9.82. The molecule has 2 aromatic heterocycles. The molecule has 0 aliphatic rings. The third-order valence-electron chi connectivity index (χ3n) is 4.83. The summed E-state index contributed by atoms with van der Waals surface area (Å²) in [5, 5.41) is 8.36. The number of ketones is 1. The van der Waals surface area contributed by atoms with Gasteiger partial charge in [0.25, 0.3) is 5.91 Å². The van der Waals surface area contributed by atoms with Gasteiger partial charge >= 0.3 is 0 Å². The van der Waals surface area contributed by atoms with E-state index in [-0.39, 0.29) is 23.1 Å². The molecule has 0 radical (unpaired) electrons. The Morgan fingerprint density at radius 2 is 1.83 bits per heavy atom. The number of amides is 1. The Hall–Kier alpha value is -3.02. The first-order valence-electron chi connectivity index (χ1n) is 9.82. The Labute approximate surface area is 171 Å². The van der Waals surface area contributed by atoms with Crippen molar-refractivity contribution in [3.8, 4) is 0 Å². The molecule has 0 saturated heterocycles. The van der Waals surface area contributed by atoms with Gasteiger partial charge < -0.3 is 5.32 Å². The third kappa shape index (κ3) is 4.06. The van der Waals surface area contributed by atoms with Gasteiger partial charge in [-0.15, -0.1) is 0 Å². The summed E-state index contributed by atoms with van der Waals surface area (Å²) in [4.78, 5) is 29.7. The summed E-state index contributed by atoms with van der Waals surface area (Å²) in [6.45, 7) is 13.7. The number of carbonyl (C=O) groups is 2. The van der Waals surface area contributed by atoms with Gasteiger partial charge in [0.05, 0.1) is 22.2 Å². The number of fused-ring (bicyclic) bond motifs is 1. The second-order valence-corrected chi connectivity index (χ2v) is 8.71. The highest BCUT2D eigenvalue weighted by atomic mass is 16.1. The number of aryl methyl sites for hydroxylation is 1. The summed E-state index contributed by atoms with van der Waals surface area (Å²) < 4.78 is 1.89. The van der Waals surface area contributed by atoms with Crippen molar-refractivity contribution in [3.05, 3.63) is 52.8 Å². The Morgan fingerprint density at radius 3 is 2.41 bits per heavy atom. The van der Waals surface area contributed by atoms with E-state index in [1.54, 1.807) is 24.3 Å². The van der Waals surface area contributed by atoms with E-state index < -0.39 is 0 Å². The first-order chi connectivity index (χ1) is 13.5. The zero-order valence-electron chi connectivity index (χ0n) is 18.1. The summed E-state index contributed by atoms with van der Waals surface area (Å²) in [5.41, 5.74) is 3.73. The molecular formula is C23H28N4O2. The molecule has 2 heterocycles. The molecule has 3 rings (SSSR count). The lowest BCUT2D eigenvalue weighted by molar-refractivity contribution is 0.101. The van der Waals surface area contributed by atoms with Crippen molar-refractivity contribution >= 4 is 28.4 Å². The smallest absolute Gasteiger partial charge is 0.256 e. The SMILES string of the molecule is CC(=O)c1cccc(NC(=O)c2cc(C(C)C)nc3c2c(C)nn3C(C)(C)C)c1. The highest BCUT2D eigenvalue weighted by Crippen LogP contribution is 2.29. The molecule has 1 N–H and O–H groups in total. The number of Topliss-reactive ketones (excluding diaryl/α,β-unsaturated/α-hetero) is 1. The Kier molecular flexibility index (Phi) is 5.30. The number of aromatic nitrogens is 3. The van der Waals surface area contributed by atoms with E-state index in [1.807, 2.05) is 17.7 Å². The van der Waals surface area contributed by atoms with Gasteiger partial charge in [0, 0.05) is 16.9 Å². The third-order valence-corrected chi connectivity index (χ3v) is 4.83. The molecule has 1 amide bonds. The summed E-state index contributed by atoms with van der Waals surface area (Å²) in [5.74, 6) is -0.121. The quantitative estimate of drug-likeness (QED) is 0.629. The average molecular weight is 393 g/mol. The van der Waals surface area contributed by atoms with Crippen LogP contribution >= 0.6 is 0 Å². The largest absolute Gasteiger partial charge is 0.322 e. The molecule has 0 aliphatic heterocycles. The number of anilines is 1. The summed E-state index contributed by atoms with van der Waals surface area (Å²) in [7, 11) is 0. The van der Waals surface area contributed by atoms with E-state index in [0.29, 0.717) is 22.5 Å². The van der Waals surface area contributed by atoms with E-state index in [2.05, 4.69) is 45.0 Å². The lowest BCUT2D eigenvalue weighted by Gasteiger charge is -2.20.